The summed E-state index contributed by atoms with van der Waals surface area (Å²) < 4.78 is 5.17. The highest BCUT2D eigenvalue weighted by Crippen LogP contribution is 2.24. The fourth-order valence-electron chi connectivity index (χ4n) is 2.32. The molecule has 1 aromatic heterocycles. The van der Waals surface area contributed by atoms with E-state index in [0.717, 1.165) is 36.2 Å². The van der Waals surface area contributed by atoms with Crippen molar-refractivity contribution in [3.8, 4) is 11.5 Å². The van der Waals surface area contributed by atoms with Crippen molar-refractivity contribution >= 4 is 11.6 Å². The van der Waals surface area contributed by atoms with Crippen molar-refractivity contribution in [3.63, 3.8) is 0 Å². The van der Waals surface area contributed by atoms with Crippen LogP contribution in [0.3, 0.4) is 0 Å². The van der Waals surface area contributed by atoms with Gasteiger partial charge in [-0.1, -0.05) is 6.07 Å². The summed E-state index contributed by atoms with van der Waals surface area (Å²) in [5, 5.41) is 13.7. The van der Waals surface area contributed by atoms with Crippen molar-refractivity contribution in [1.82, 2.24) is 15.5 Å². The number of hydrogen-bond acceptors (Lipinski definition) is 5. The number of nitrogens with zero attached hydrogens (tertiary/aromatic N) is 2. The molecule has 2 N–H and O–H groups in total. The number of carbonyl (C=O) groups is 1. The second-order valence-corrected chi connectivity index (χ2v) is 4.91. The Hall–Kier alpha value is -2.21. The summed E-state index contributed by atoms with van der Waals surface area (Å²) in [4.78, 5) is 12.1. The maximum Gasteiger partial charge on any atom is 0.247 e. The molecular weight excluding hydrogens is 256 g/mol. The molecule has 0 spiro atoms. The second-order valence-electron chi connectivity index (χ2n) is 4.91. The summed E-state index contributed by atoms with van der Waals surface area (Å²) in [5.41, 5.74) is 2.57. The van der Waals surface area contributed by atoms with Gasteiger partial charge in [-0.15, -0.1) is 10.2 Å². The van der Waals surface area contributed by atoms with Gasteiger partial charge in [0.2, 0.25) is 18.2 Å². The molecule has 2 heterocycles. The van der Waals surface area contributed by atoms with Gasteiger partial charge >= 0.3 is 0 Å². The van der Waals surface area contributed by atoms with E-state index < -0.39 is 0 Å². The predicted octanol–water partition coefficient (Wildman–Crippen LogP) is 1.74. The first-order chi connectivity index (χ1) is 9.74. The zero-order valence-corrected chi connectivity index (χ0v) is 11.2. The first-order valence-electron chi connectivity index (χ1n) is 6.65. The third-order valence-corrected chi connectivity index (χ3v) is 3.48. The van der Waals surface area contributed by atoms with Gasteiger partial charge in [0.25, 0.3) is 0 Å². The number of aryl methyl sites for hydroxylation is 1. The Morgan fingerprint density at radius 1 is 1.50 bits per heavy atom. The van der Waals surface area contributed by atoms with Crippen molar-refractivity contribution in [1.29, 1.82) is 0 Å². The number of nitrogens with one attached hydrogen (secondary N) is 2. The van der Waals surface area contributed by atoms with Crippen LogP contribution in [0.4, 0.5) is 5.69 Å². The lowest BCUT2D eigenvalue weighted by Gasteiger charge is -2.13. The molecule has 3 rings (SSSR count). The van der Waals surface area contributed by atoms with E-state index in [4.69, 9.17) is 4.42 Å². The van der Waals surface area contributed by atoms with Crippen LogP contribution in [-0.4, -0.2) is 28.7 Å². The second kappa shape index (κ2) is 5.42. The molecule has 20 heavy (non-hydrogen) atoms. The summed E-state index contributed by atoms with van der Waals surface area (Å²) in [7, 11) is 0. The van der Waals surface area contributed by atoms with Crippen LogP contribution in [0.1, 0.15) is 18.4 Å². The van der Waals surface area contributed by atoms with E-state index in [9.17, 15) is 4.79 Å². The number of aromatic nitrogens is 2. The van der Waals surface area contributed by atoms with Crippen LogP contribution >= 0.6 is 0 Å². The number of benzene rings is 1. The van der Waals surface area contributed by atoms with Gasteiger partial charge < -0.3 is 15.1 Å². The van der Waals surface area contributed by atoms with E-state index in [1.54, 1.807) is 0 Å². The van der Waals surface area contributed by atoms with E-state index in [1.165, 1.54) is 6.39 Å². The minimum absolute atomic E-state index is 0.00767. The molecule has 0 saturated carbocycles. The van der Waals surface area contributed by atoms with Gasteiger partial charge in [-0.3, -0.25) is 4.79 Å². The molecule has 1 unspecified atom stereocenters. The van der Waals surface area contributed by atoms with E-state index in [1.807, 2.05) is 25.1 Å². The highest BCUT2D eigenvalue weighted by atomic mass is 16.4. The normalized spacial score (nSPS) is 18.1. The summed E-state index contributed by atoms with van der Waals surface area (Å²) in [5.74, 6) is 0.452. The Labute approximate surface area is 116 Å². The molecule has 0 radical (unpaired) electrons. The molecule has 1 amide bonds. The largest absolute Gasteiger partial charge is 0.423 e. The fourth-order valence-corrected chi connectivity index (χ4v) is 2.32. The van der Waals surface area contributed by atoms with Crippen LogP contribution in [-0.2, 0) is 4.79 Å². The lowest BCUT2D eigenvalue weighted by Crippen LogP contribution is -2.35. The molecule has 1 aliphatic heterocycles. The average Bonchev–Trinajstić information content (AvgIpc) is 3.14. The quantitative estimate of drug-likeness (QED) is 0.889. The topological polar surface area (TPSA) is 80.1 Å². The summed E-state index contributed by atoms with van der Waals surface area (Å²) >= 11 is 0. The molecule has 6 nitrogen and oxygen atoms in total. The van der Waals surface area contributed by atoms with E-state index >= 15 is 0 Å². The Morgan fingerprint density at radius 3 is 3.10 bits per heavy atom. The predicted molar refractivity (Wildman–Crippen MR) is 74.1 cm³/mol. The molecule has 1 saturated heterocycles. The number of hydrogen-bond donors (Lipinski definition) is 2. The molecule has 1 aromatic carbocycles. The highest BCUT2D eigenvalue weighted by molar-refractivity contribution is 5.96. The first kappa shape index (κ1) is 12.8. The van der Waals surface area contributed by atoms with Crippen molar-refractivity contribution in [3.05, 3.63) is 30.2 Å². The van der Waals surface area contributed by atoms with Gasteiger partial charge in [-0.25, -0.2) is 0 Å². The molecular formula is C14H16N4O2. The minimum atomic E-state index is -0.0959. The maximum absolute atomic E-state index is 12.1. The van der Waals surface area contributed by atoms with Gasteiger partial charge in [-0.05, 0) is 44.0 Å². The summed E-state index contributed by atoms with van der Waals surface area (Å²) in [6.45, 7) is 2.86. The molecule has 0 aliphatic carbocycles. The SMILES string of the molecule is Cc1ccc(-c2nnco2)cc1NC(=O)C1CCCN1. The van der Waals surface area contributed by atoms with Gasteiger partial charge in [0.15, 0.2) is 0 Å². The third-order valence-electron chi connectivity index (χ3n) is 3.48. The van der Waals surface area contributed by atoms with Crippen LogP contribution in [0, 0.1) is 6.92 Å². The van der Waals surface area contributed by atoms with Crippen LogP contribution in [0.15, 0.2) is 29.0 Å². The van der Waals surface area contributed by atoms with Crippen molar-refractivity contribution in [2.75, 3.05) is 11.9 Å². The number of anilines is 1. The molecule has 6 heteroatoms. The van der Waals surface area contributed by atoms with Crippen LogP contribution in [0.5, 0.6) is 0 Å². The monoisotopic (exact) mass is 272 g/mol. The number of rotatable bonds is 3. The summed E-state index contributed by atoms with van der Waals surface area (Å²) in [6, 6.07) is 5.58. The van der Waals surface area contributed by atoms with Crippen LogP contribution < -0.4 is 10.6 Å². The molecule has 1 fully saturated rings. The smallest absolute Gasteiger partial charge is 0.247 e. The highest BCUT2D eigenvalue weighted by Gasteiger charge is 2.22. The minimum Gasteiger partial charge on any atom is -0.423 e. The van der Waals surface area contributed by atoms with E-state index in [0.29, 0.717) is 5.89 Å². The average molecular weight is 272 g/mol. The lowest BCUT2D eigenvalue weighted by atomic mass is 10.1. The van der Waals surface area contributed by atoms with Gasteiger partial charge in [0, 0.05) is 11.3 Å². The Morgan fingerprint density at radius 2 is 2.40 bits per heavy atom. The molecule has 2 aromatic rings. The van der Waals surface area contributed by atoms with Crippen LogP contribution in [0.25, 0.3) is 11.5 Å². The molecule has 1 atom stereocenters. The van der Waals surface area contributed by atoms with E-state index in [2.05, 4.69) is 20.8 Å². The Balaban J connectivity index is 1.81. The fraction of sp³-hybridized carbons (Fsp3) is 0.357. The zero-order chi connectivity index (χ0) is 13.9. The molecule has 104 valence electrons. The third kappa shape index (κ3) is 2.55. The Bertz CT molecular complexity index is 604. The van der Waals surface area contributed by atoms with Gasteiger partial charge in [0.05, 0.1) is 6.04 Å². The lowest BCUT2D eigenvalue weighted by molar-refractivity contribution is -0.117. The zero-order valence-electron chi connectivity index (χ0n) is 11.2. The molecule has 0 bridgehead atoms. The Kier molecular flexibility index (Phi) is 3.47. The summed E-state index contributed by atoms with van der Waals surface area (Å²) in [6.07, 6.45) is 3.21. The van der Waals surface area contributed by atoms with Crippen molar-refractivity contribution < 1.29 is 9.21 Å². The first-order valence-corrected chi connectivity index (χ1v) is 6.65. The maximum atomic E-state index is 12.1. The number of carbonyl (C=O) groups excluding carboxylic acids is 1. The standard InChI is InChI=1S/C14H16N4O2/c1-9-4-5-10(14-18-16-8-20-14)7-12(9)17-13(19)11-3-2-6-15-11/h4-5,7-8,11,15H,2-3,6H2,1H3,(H,17,19). The van der Waals surface area contributed by atoms with Gasteiger partial charge in [0.1, 0.15) is 0 Å². The van der Waals surface area contributed by atoms with Crippen molar-refractivity contribution in [2.45, 2.75) is 25.8 Å². The van der Waals surface area contributed by atoms with Crippen molar-refractivity contribution in [2.24, 2.45) is 0 Å². The van der Waals surface area contributed by atoms with E-state index in [-0.39, 0.29) is 11.9 Å². The van der Waals surface area contributed by atoms with Gasteiger partial charge in [-0.2, -0.15) is 0 Å². The molecule has 1 aliphatic rings. The van der Waals surface area contributed by atoms with Crippen LogP contribution in [0.2, 0.25) is 0 Å². The number of amides is 1.